The van der Waals surface area contributed by atoms with Crippen LogP contribution in [0.15, 0.2) is 40.2 Å². The van der Waals surface area contributed by atoms with Crippen LogP contribution in [0.4, 0.5) is 0 Å². The molecule has 1 aromatic rings. The van der Waals surface area contributed by atoms with E-state index in [0.717, 1.165) is 25.9 Å². The zero-order valence-corrected chi connectivity index (χ0v) is 17.9. The van der Waals surface area contributed by atoms with E-state index in [4.69, 9.17) is 0 Å². The first-order chi connectivity index (χ1) is 11.0. The zero-order valence-electron chi connectivity index (χ0n) is 14.8. The van der Waals surface area contributed by atoms with Crippen molar-refractivity contribution >= 4 is 39.8 Å². The molecular weight excluding hydrogens is 437 g/mol. The van der Waals surface area contributed by atoms with Crippen molar-refractivity contribution in [1.82, 2.24) is 10.6 Å². The Morgan fingerprint density at radius 3 is 2.25 bits per heavy atom. The highest BCUT2D eigenvalue weighted by molar-refractivity contribution is 14.0. The monoisotopic (exact) mass is 467 g/mol. The Bertz CT molecular complexity index is 573. The number of nitrogens with zero attached hydrogens (tertiary/aromatic N) is 1. The van der Waals surface area contributed by atoms with Crippen molar-refractivity contribution in [3.63, 3.8) is 0 Å². The predicted molar refractivity (Wildman–Crippen MR) is 112 cm³/mol. The van der Waals surface area contributed by atoms with Gasteiger partial charge in [0, 0.05) is 19.6 Å². The number of sulfone groups is 1. The van der Waals surface area contributed by atoms with Crippen LogP contribution in [0.5, 0.6) is 0 Å². The van der Waals surface area contributed by atoms with Gasteiger partial charge in [-0.3, -0.25) is 4.99 Å². The van der Waals surface area contributed by atoms with Gasteiger partial charge in [-0.2, -0.15) is 0 Å². The van der Waals surface area contributed by atoms with Gasteiger partial charge in [-0.1, -0.05) is 44.9 Å². The third kappa shape index (κ3) is 8.32. The molecule has 5 nitrogen and oxygen atoms in total. The number of nitrogens with one attached hydrogen (secondary N) is 2. The van der Waals surface area contributed by atoms with Gasteiger partial charge in [0.05, 0.1) is 10.6 Å². The lowest BCUT2D eigenvalue weighted by Gasteiger charge is -2.14. The standard InChI is InChI=1S/C17H29N3O2S.HI/c1-4-15(5-2)14-20-17(18-6-3)19-12-13-23(21,22)16-10-8-7-9-11-16;/h7-11,15H,4-6,12-14H2,1-3H3,(H2,18,19,20);1H. The van der Waals surface area contributed by atoms with Crippen molar-refractivity contribution in [3.8, 4) is 0 Å². The molecule has 0 fully saturated rings. The SMILES string of the molecule is CCNC(=NCC(CC)CC)NCCS(=O)(=O)c1ccccc1.I. The average Bonchev–Trinajstić information content (AvgIpc) is 2.56. The summed E-state index contributed by atoms with van der Waals surface area (Å²) >= 11 is 0. The summed E-state index contributed by atoms with van der Waals surface area (Å²) in [5, 5.41) is 6.27. The van der Waals surface area contributed by atoms with E-state index >= 15 is 0 Å². The topological polar surface area (TPSA) is 70.6 Å². The smallest absolute Gasteiger partial charge is 0.191 e. The van der Waals surface area contributed by atoms with Gasteiger partial charge >= 0.3 is 0 Å². The van der Waals surface area contributed by atoms with E-state index in [-0.39, 0.29) is 29.7 Å². The third-order valence-electron chi connectivity index (χ3n) is 3.77. The molecule has 0 radical (unpaired) electrons. The lowest BCUT2D eigenvalue weighted by Crippen LogP contribution is -2.40. The van der Waals surface area contributed by atoms with E-state index in [1.165, 1.54) is 0 Å². The first kappa shape index (κ1) is 23.2. The van der Waals surface area contributed by atoms with Crippen molar-refractivity contribution in [2.75, 3.05) is 25.4 Å². The van der Waals surface area contributed by atoms with Gasteiger partial charge in [0.2, 0.25) is 0 Å². The summed E-state index contributed by atoms with van der Waals surface area (Å²) in [5.41, 5.74) is 0. The van der Waals surface area contributed by atoms with Crippen molar-refractivity contribution in [2.24, 2.45) is 10.9 Å². The van der Waals surface area contributed by atoms with Crippen LogP contribution in [0.3, 0.4) is 0 Å². The number of guanidine groups is 1. The molecule has 0 spiro atoms. The Hall–Kier alpha value is -0.830. The fraction of sp³-hybridized carbons (Fsp3) is 0.588. The Morgan fingerprint density at radius 2 is 1.71 bits per heavy atom. The van der Waals surface area contributed by atoms with Crippen molar-refractivity contribution in [3.05, 3.63) is 30.3 Å². The van der Waals surface area contributed by atoms with E-state index < -0.39 is 9.84 Å². The van der Waals surface area contributed by atoms with E-state index in [1.807, 2.05) is 13.0 Å². The van der Waals surface area contributed by atoms with E-state index in [0.29, 0.717) is 23.3 Å². The largest absolute Gasteiger partial charge is 0.357 e. The van der Waals surface area contributed by atoms with Crippen LogP contribution in [0.1, 0.15) is 33.6 Å². The van der Waals surface area contributed by atoms with Crippen LogP contribution in [-0.4, -0.2) is 39.8 Å². The molecule has 0 aliphatic carbocycles. The molecule has 0 atom stereocenters. The highest BCUT2D eigenvalue weighted by Crippen LogP contribution is 2.09. The second-order valence-electron chi connectivity index (χ2n) is 5.46. The third-order valence-corrected chi connectivity index (χ3v) is 5.50. The molecule has 0 aromatic heterocycles. The van der Waals surface area contributed by atoms with Crippen LogP contribution >= 0.6 is 24.0 Å². The zero-order chi connectivity index (χ0) is 17.1. The minimum Gasteiger partial charge on any atom is -0.357 e. The van der Waals surface area contributed by atoms with Crippen LogP contribution < -0.4 is 10.6 Å². The molecule has 7 heteroatoms. The molecule has 2 N–H and O–H groups in total. The summed E-state index contributed by atoms with van der Waals surface area (Å²) in [7, 11) is -3.26. The molecule has 138 valence electrons. The maximum Gasteiger partial charge on any atom is 0.191 e. The molecule has 0 unspecified atom stereocenters. The lowest BCUT2D eigenvalue weighted by molar-refractivity contribution is 0.504. The van der Waals surface area contributed by atoms with Crippen LogP contribution in [-0.2, 0) is 9.84 Å². The molecule has 0 saturated carbocycles. The number of benzene rings is 1. The fourth-order valence-corrected chi connectivity index (χ4v) is 3.34. The molecule has 0 saturated heterocycles. The van der Waals surface area contributed by atoms with Gasteiger partial charge in [0.25, 0.3) is 0 Å². The predicted octanol–water partition coefficient (Wildman–Crippen LogP) is 3.07. The molecule has 24 heavy (non-hydrogen) atoms. The summed E-state index contributed by atoms with van der Waals surface area (Å²) in [6.45, 7) is 8.17. The maximum absolute atomic E-state index is 12.2. The van der Waals surface area contributed by atoms with Gasteiger partial charge in [0.15, 0.2) is 15.8 Å². The molecule has 0 bridgehead atoms. The summed E-state index contributed by atoms with van der Waals surface area (Å²) in [4.78, 5) is 4.91. The number of hydrogen-bond donors (Lipinski definition) is 2. The first-order valence-corrected chi connectivity index (χ1v) is 9.98. The number of hydrogen-bond acceptors (Lipinski definition) is 3. The van der Waals surface area contributed by atoms with Crippen molar-refractivity contribution in [1.29, 1.82) is 0 Å². The fourth-order valence-electron chi connectivity index (χ4n) is 2.16. The second kappa shape index (κ2) is 12.5. The minimum atomic E-state index is -3.26. The number of rotatable bonds is 9. The summed E-state index contributed by atoms with van der Waals surface area (Å²) in [5.74, 6) is 1.30. The lowest BCUT2D eigenvalue weighted by atomic mass is 10.0. The van der Waals surface area contributed by atoms with E-state index in [1.54, 1.807) is 24.3 Å². The maximum atomic E-state index is 12.2. The van der Waals surface area contributed by atoms with Crippen LogP contribution in [0, 0.1) is 5.92 Å². The van der Waals surface area contributed by atoms with Crippen LogP contribution in [0.2, 0.25) is 0 Å². The molecular formula is C17H30IN3O2S. The van der Waals surface area contributed by atoms with E-state index in [9.17, 15) is 8.42 Å². The summed E-state index contributed by atoms with van der Waals surface area (Å²) < 4.78 is 24.5. The Morgan fingerprint density at radius 1 is 1.08 bits per heavy atom. The van der Waals surface area contributed by atoms with Gasteiger partial charge in [-0.15, -0.1) is 24.0 Å². The van der Waals surface area contributed by atoms with Gasteiger partial charge in [-0.25, -0.2) is 8.42 Å². The first-order valence-electron chi connectivity index (χ1n) is 8.33. The summed E-state index contributed by atoms with van der Waals surface area (Å²) in [6, 6.07) is 8.54. The average molecular weight is 467 g/mol. The molecule has 1 rings (SSSR count). The summed E-state index contributed by atoms with van der Waals surface area (Å²) in [6.07, 6.45) is 2.20. The highest BCUT2D eigenvalue weighted by atomic mass is 127. The molecule has 0 aliphatic heterocycles. The quantitative estimate of drug-likeness (QED) is 0.333. The molecule has 0 amide bonds. The Labute approximate surface area is 163 Å². The highest BCUT2D eigenvalue weighted by Gasteiger charge is 2.13. The molecule has 1 aromatic carbocycles. The van der Waals surface area contributed by atoms with Gasteiger partial charge < -0.3 is 10.6 Å². The van der Waals surface area contributed by atoms with Gasteiger partial charge in [0.1, 0.15) is 0 Å². The molecule has 0 aliphatic rings. The number of aliphatic imine (C=N–C) groups is 1. The second-order valence-corrected chi connectivity index (χ2v) is 7.57. The van der Waals surface area contributed by atoms with Crippen molar-refractivity contribution < 1.29 is 8.42 Å². The Balaban J connectivity index is 0.00000529. The van der Waals surface area contributed by atoms with Gasteiger partial charge in [-0.05, 0) is 25.0 Å². The minimum absolute atomic E-state index is 0. The van der Waals surface area contributed by atoms with Crippen LogP contribution in [0.25, 0.3) is 0 Å². The number of halogens is 1. The molecule has 0 heterocycles. The normalized spacial score (nSPS) is 11.9. The Kier molecular flexibility index (Phi) is 12.1. The van der Waals surface area contributed by atoms with Crippen molar-refractivity contribution in [2.45, 2.75) is 38.5 Å². The van der Waals surface area contributed by atoms with E-state index in [2.05, 4.69) is 29.5 Å².